The molecule has 5 heteroatoms. The molecule has 0 spiro atoms. The third kappa shape index (κ3) is 6.22. The summed E-state index contributed by atoms with van der Waals surface area (Å²) in [6.45, 7) is 1.75. The van der Waals surface area contributed by atoms with Crippen LogP contribution in [0, 0.1) is 0 Å². The van der Waals surface area contributed by atoms with Gasteiger partial charge in [-0.15, -0.1) is 5.73 Å². The van der Waals surface area contributed by atoms with Crippen LogP contribution in [0.3, 0.4) is 0 Å². The summed E-state index contributed by atoms with van der Waals surface area (Å²) in [5.74, 6) is 0.0552. The number of aliphatic hydroxyl groups is 3. The molecule has 4 N–H and O–H groups in total. The fraction of sp³-hybridized carbons (Fsp3) is 0.471. The molecular formula is C17H23ClO4. The van der Waals surface area contributed by atoms with Crippen LogP contribution in [0.2, 0.25) is 5.02 Å². The molecule has 0 aliphatic heterocycles. The highest BCUT2D eigenvalue weighted by Crippen LogP contribution is 2.28. The van der Waals surface area contributed by atoms with E-state index in [1.807, 2.05) is 6.92 Å². The summed E-state index contributed by atoms with van der Waals surface area (Å²) in [6, 6.07) is 4.45. The molecule has 2 atom stereocenters. The molecule has 0 unspecified atom stereocenters. The zero-order valence-electron chi connectivity index (χ0n) is 12.7. The van der Waals surface area contributed by atoms with Crippen LogP contribution in [0.15, 0.2) is 35.6 Å². The SMILES string of the molecule is CCCC(=C=CC[C@@H](O)c1ccc(O)cc1Cl)C[C@@H](O)CO. The van der Waals surface area contributed by atoms with Gasteiger partial charge in [0, 0.05) is 12.8 Å². The van der Waals surface area contributed by atoms with Gasteiger partial charge in [0.15, 0.2) is 0 Å². The van der Waals surface area contributed by atoms with E-state index in [1.165, 1.54) is 12.1 Å². The molecule has 0 amide bonds. The standard InChI is InChI=1S/C17H23ClO4/c1-2-4-12(9-14(21)11-19)5-3-6-17(22)15-8-7-13(20)10-16(15)18/h3,7-8,10,14,17,19-22H,2,4,6,9,11H2,1H3/t5?,14-,17-/m1/s1. The summed E-state index contributed by atoms with van der Waals surface area (Å²) in [6.07, 6.45) is 2.54. The molecule has 122 valence electrons. The van der Waals surface area contributed by atoms with Crippen molar-refractivity contribution < 1.29 is 20.4 Å². The first-order valence-electron chi connectivity index (χ1n) is 7.36. The number of benzene rings is 1. The lowest BCUT2D eigenvalue weighted by Crippen LogP contribution is -2.12. The number of halogens is 1. The van der Waals surface area contributed by atoms with Crippen LogP contribution in [-0.4, -0.2) is 33.1 Å². The van der Waals surface area contributed by atoms with Crippen LogP contribution in [0.4, 0.5) is 0 Å². The minimum atomic E-state index is -0.786. The highest BCUT2D eigenvalue weighted by atomic mass is 35.5. The number of aromatic hydroxyl groups is 1. The van der Waals surface area contributed by atoms with Gasteiger partial charge in [-0.1, -0.05) is 31.0 Å². The Morgan fingerprint density at radius 1 is 1.36 bits per heavy atom. The molecule has 1 aromatic rings. The molecule has 22 heavy (non-hydrogen) atoms. The third-order valence-electron chi connectivity index (χ3n) is 3.23. The van der Waals surface area contributed by atoms with E-state index in [2.05, 4.69) is 5.73 Å². The number of aliphatic hydroxyl groups excluding tert-OH is 3. The Bertz CT molecular complexity index is 535. The second-order valence-electron chi connectivity index (χ2n) is 5.20. The van der Waals surface area contributed by atoms with Crippen molar-refractivity contribution in [1.82, 2.24) is 0 Å². The zero-order chi connectivity index (χ0) is 16.5. The Hall–Kier alpha value is -1.29. The maximum Gasteiger partial charge on any atom is 0.117 e. The van der Waals surface area contributed by atoms with Crippen molar-refractivity contribution in [3.63, 3.8) is 0 Å². The summed E-state index contributed by atoms with van der Waals surface area (Å²) in [5.41, 5.74) is 4.54. The average Bonchev–Trinajstić information content (AvgIpc) is 2.47. The smallest absolute Gasteiger partial charge is 0.117 e. The van der Waals surface area contributed by atoms with E-state index >= 15 is 0 Å². The molecule has 0 saturated heterocycles. The van der Waals surface area contributed by atoms with Gasteiger partial charge in [0.2, 0.25) is 0 Å². The van der Waals surface area contributed by atoms with Crippen molar-refractivity contribution >= 4 is 11.6 Å². The fourth-order valence-corrected chi connectivity index (χ4v) is 2.41. The van der Waals surface area contributed by atoms with Gasteiger partial charge in [-0.3, -0.25) is 0 Å². The minimum absolute atomic E-state index is 0.0552. The first-order valence-corrected chi connectivity index (χ1v) is 7.74. The summed E-state index contributed by atoms with van der Waals surface area (Å²) < 4.78 is 0. The van der Waals surface area contributed by atoms with Crippen molar-refractivity contribution in [3.05, 3.63) is 46.2 Å². The lowest BCUT2D eigenvalue weighted by Gasteiger charge is -2.11. The van der Waals surface area contributed by atoms with E-state index in [-0.39, 0.29) is 12.4 Å². The predicted octanol–water partition coefficient (Wildman–Crippen LogP) is 3.09. The lowest BCUT2D eigenvalue weighted by molar-refractivity contribution is 0.0948. The first kappa shape index (κ1) is 18.8. The highest BCUT2D eigenvalue weighted by molar-refractivity contribution is 6.31. The van der Waals surface area contributed by atoms with Gasteiger partial charge < -0.3 is 20.4 Å². The second kappa shape index (κ2) is 9.67. The zero-order valence-corrected chi connectivity index (χ0v) is 13.4. The largest absolute Gasteiger partial charge is 0.508 e. The van der Waals surface area contributed by atoms with E-state index in [9.17, 15) is 15.3 Å². The summed E-state index contributed by atoms with van der Waals surface area (Å²) in [4.78, 5) is 0. The molecule has 1 aromatic carbocycles. The molecule has 0 fully saturated rings. The van der Waals surface area contributed by atoms with Gasteiger partial charge >= 0.3 is 0 Å². The maximum absolute atomic E-state index is 10.1. The van der Waals surface area contributed by atoms with E-state index in [0.717, 1.165) is 18.4 Å². The summed E-state index contributed by atoms with van der Waals surface area (Å²) >= 11 is 5.98. The van der Waals surface area contributed by atoms with Crippen molar-refractivity contribution in [3.8, 4) is 5.75 Å². The molecule has 1 rings (SSSR count). The van der Waals surface area contributed by atoms with Gasteiger partial charge in [-0.2, -0.15) is 0 Å². The van der Waals surface area contributed by atoms with Crippen molar-refractivity contribution in [2.24, 2.45) is 0 Å². The quantitative estimate of drug-likeness (QED) is 0.553. The van der Waals surface area contributed by atoms with Gasteiger partial charge in [0.05, 0.1) is 23.8 Å². The number of phenolic OH excluding ortho intramolecular Hbond substituents is 1. The molecule has 0 aromatic heterocycles. The van der Waals surface area contributed by atoms with E-state index in [0.29, 0.717) is 23.4 Å². The molecule has 0 radical (unpaired) electrons. The minimum Gasteiger partial charge on any atom is -0.508 e. The Labute approximate surface area is 136 Å². The molecule has 0 saturated carbocycles. The van der Waals surface area contributed by atoms with Gasteiger partial charge in [-0.05, 0) is 35.8 Å². The van der Waals surface area contributed by atoms with E-state index in [4.69, 9.17) is 16.7 Å². The first-order chi connectivity index (χ1) is 10.5. The van der Waals surface area contributed by atoms with Crippen LogP contribution >= 0.6 is 11.6 Å². The monoisotopic (exact) mass is 326 g/mol. The topological polar surface area (TPSA) is 80.9 Å². The predicted molar refractivity (Wildman–Crippen MR) is 86.9 cm³/mol. The van der Waals surface area contributed by atoms with E-state index < -0.39 is 12.2 Å². The van der Waals surface area contributed by atoms with Crippen LogP contribution in [0.25, 0.3) is 0 Å². The molecule has 0 aliphatic carbocycles. The highest BCUT2D eigenvalue weighted by Gasteiger charge is 2.11. The fourth-order valence-electron chi connectivity index (χ4n) is 2.11. The number of phenols is 1. The lowest BCUT2D eigenvalue weighted by atomic mass is 10.0. The molecular weight excluding hydrogens is 304 g/mol. The molecule has 0 bridgehead atoms. The molecule has 4 nitrogen and oxygen atoms in total. The van der Waals surface area contributed by atoms with Crippen LogP contribution in [-0.2, 0) is 0 Å². The third-order valence-corrected chi connectivity index (χ3v) is 3.56. The van der Waals surface area contributed by atoms with Crippen molar-refractivity contribution in [2.75, 3.05) is 6.61 Å². The van der Waals surface area contributed by atoms with Crippen LogP contribution < -0.4 is 0 Å². The van der Waals surface area contributed by atoms with Gasteiger partial charge in [-0.25, -0.2) is 0 Å². The number of hydrogen-bond donors (Lipinski definition) is 4. The van der Waals surface area contributed by atoms with Crippen molar-refractivity contribution in [1.29, 1.82) is 0 Å². The summed E-state index contributed by atoms with van der Waals surface area (Å²) in [5, 5.41) is 38.1. The Morgan fingerprint density at radius 3 is 2.68 bits per heavy atom. The Morgan fingerprint density at radius 2 is 2.09 bits per heavy atom. The normalized spacial score (nSPS) is 13.3. The summed E-state index contributed by atoms with van der Waals surface area (Å²) in [7, 11) is 0. The van der Waals surface area contributed by atoms with Gasteiger partial charge in [0.1, 0.15) is 5.75 Å². The molecule has 0 heterocycles. The van der Waals surface area contributed by atoms with Gasteiger partial charge in [0.25, 0.3) is 0 Å². The number of hydrogen-bond acceptors (Lipinski definition) is 4. The van der Waals surface area contributed by atoms with Crippen LogP contribution in [0.5, 0.6) is 5.75 Å². The molecule has 0 aliphatic rings. The Kier molecular flexibility index (Phi) is 8.25. The van der Waals surface area contributed by atoms with Crippen LogP contribution in [0.1, 0.15) is 44.3 Å². The maximum atomic E-state index is 10.1. The van der Waals surface area contributed by atoms with E-state index in [1.54, 1.807) is 12.1 Å². The number of rotatable bonds is 8. The van der Waals surface area contributed by atoms with Crippen molar-refractivity contribution in [2.45, 2.75) is 44.8 Å². The second-order valence-corrected chi connectivity index (χ2v) is 5.61. The Balaban J connectivity index is 2.76. The average molecular weight is 327 g/mol.